The van der Waals surface area contributed by atoms with E-state index in [1.807, 2.05) is 0 Å². The Hall–Kier alpha value is -1.92. The lowest BCUT2D eigenvalue weighted by Crippen LogP contribution is -2.60. The molecular weight excluding hydrogens is 536 g/mol. The lowest BCUT2D eigenvalue weighted by Gasteiger charge is -2.37. The summed E-state index contributed by atoms with van der Waals surface area (Å²) in [6.45, 7) is 1.29. The molecule has 0 saturated heterocycles. The molecule has 2 rings (SSSR count). The van der Waals surface area contributed by atoms with Gasteiger partial charge in [-0.2, -0.15) is 48.3 Å². The van der Waals surface area contributed by atoms with Crippen molar-refractivity contribution in [1.82, 2.24) is 0 Å². The summed E-state index contributed by atoms with van der Waals surface area (Å²) in [4.78, 5) is 0. The molecule has 0 nitrogen and oxygen atoms in total. The number of hydrogen-bond donors (Lipinski definition) is 0. The van der Waals surface area contributed by atoms with Crippen molar-refractivity contribution in [2.75, 3.05) is 0 Å². The number of hydrogen-bond acceptors (Lipinski definition) is 0. The predicted octanol–water partition coefficient (Wildman–Crippen LogP) is 8.42. The molecule has 0 bridgehead atoms. The molecule has 1 unspecified atom stereocenters. The van der Waals surface area contributed by atoms with Crippen molar-refractivity contribution in [3.8, 4) is 11.1 Å². The summed E-state index contributed by atoms with van der Waals surface area (Å²) < 4.78 is 160. The average Bonchev–Trinajstić information content (AvgIpc) is 2.64. The van der Waals surface area contributed by atoms with Gasteiger partial charge in [0.05, 0.1) is 5.56 Å². The number of benzene rings is 2. The summed E-state index contributed by atoms with van der Waals surface area (Å²) in [7, 11) is 0. The van der Waals surface area contributed by atoms with E-state index in [-0.39, 0.29) is 18.1 Å². The van der Waals surface area contributed by atoms with Crippen LogP contribution in [0.2, 0.25) is 0 Å². The molecule has 1 radical (unpaired) electrons. The van der Waals surface area contributed by atoms with E-state index in [4.69, 9.17) is 0 Å². The summed E-state index contributed by atoms with van der Waals surface area (Å²) in [5, 5.41) is 0. The molecule has 0 saturated carbocycles. The summed E-state index contributed by atoms with van der Waals surface area (Å²) in [5.41, 5.74) is -11.8. The van der Waals surface area contributed by atoms with Crippen LogP contribution in [-0.2, 0) is 18.3 Å². The first kappa shape index (κ1) is 26.3. The van der Waals surface area contributed by atoms with E-state index in [9.17, 15) is 48.3 Å². The molecule has 13 heteroatoms. The van der Waals surface area contributed by atoms with Crippen molar-refractivity contribution in [3.05, 3.63) is 57.6 Å². The number of alkyl halides is 12. The molecule has 32 heavy (non-hydrogen) atoms. The SMILES string of the molecule is CCc1[c]c(Br)c(-c2ccc(C(F)(F)F)cc2)c(C(F)(C(F)(F)F)C(F)(F)C(F)(F)F)c1. The zero-order chi connectivity index (χ0) is 24.9. The van der Waals surface area contributed by atoms with Gasteiger partial charge in [-0.3, -0.25) is 0 Å². The van der Waals surface area contributed by atoms with Crippen LogP contribution in [-0.4, -0.2) is 18.3 Å². The first-order chi connectivity index (χ1) is 14.3. The normalized spacial score (nSPS) is 15.6. The summed E-state index contributed by atoms with van der Waals surface area (Å²) >= 11 is 2.67. The van der Waals surface area contributed by atoms with Crippen LogP contribution >= 0.6 is 15.9 Å². The van der Waals surface area contributed by atoms with Crippen LogP contribution < -0.4 is 0 Å². The quantitative estimate of drug-likeness (QED) is 0.338. The highest BCUT2D eigenvalue weighted by Crippen LogP contribution is 2.60. The lowest BCUT2D eigenvalue weighted by atomic mass is 9.81. The van der Waals surface area contributed by atoms with Crippen LogP contribution in [0.1, 0.15) is 23.6 Å². The first-order valence-electron chi connectivity index (χ1n) is 8.42. The standard InChI is InChI=1S/C19H10BrF12/c1-2-9-7-12(15(21,18(27,28)29)17(25,26)19(30,31)32)14(13(20)8-9)10-3-5-11(6-4-10)16(22,23)24/h3-7H,2H2,1H3. The van der Waals surface area contributed by atoms with Gasteiger partial charge in [-0.1, -0.05) is 25.1 Å². The van der Waals surface area contributed by atoms with Crippen molar-refractivity contribution in [2.24, 2.45) is 0 Å². The van der Waals surface area contributed by atoms with Gasteiger partial charge in [0.2, 0.25) is 0 Å². The second-order valence-corrected chi connectivity index (χ2v) is 7.35. The van der Waals surface area contributed by atoms with Crippen LogP contribution in [0, 0.1) is 6.07 Å². The predicted molar refractivity (Wildman–Crippen MR) is 92.6 cm³/mol. The maximum absolute atomic E-state index is 15.2. The van der Waals surface area contributed by atoms with E-state index in [2.05, 4.69) is 22.0 Å². The third-order valence-corrected chi connectivity index (χ3v) is 5.10. The van der Waals surface area contributed by atoms with Gasteiger partial charge in [0.15, 0.2) is 0 Å². The Bertz CT molecular complexity index is 970. The van der Waals surface area contributed by atoms with Crippen molar-refractivity contribution >= 4 is 15.9 Å². The zero-order valence-corrected chi connectivity index (χ0v) is 17.1. The highest BCUT2D eigenvalue weighted by Gasteiger charge is 2.82. The molecule has 0 N–H and O–H groups in total. The van der Waals surface area contributed by atoms with Crippen LogP contribution in [0.3, 0.4) is 0 Å². The van der Waals surface area contributed by atoms with Gasteiger partial charge in [-0.05, 0) is 45.6 Å². The summed E-state index contributed by atoms with van der Waals surface area (Å²) in [5.74, 6) is -6.94. The molecule has 0 aromatic heterocycles. The van der Waals surface area contributed by atoms with Gasteiger partial charge in [0.25, 0.3) is 0 Å². The fourth-order valence-corrected chi connectivity index (χ4v) is 3.57. The van der Waals surface area contributed by atoms with Gasteiger partial charge in [0, 0.05) is 21.7 Å². The van der Waals surface area contributed by atoms with Crippen LogP contribution in [0.4, 0.5) is 52.7 Å². The molecule has 2 aromatic carbocycles. The Morgan fingerprint density at radius 2 is 1.28 bits per heavy atom. The van der Waals surface area contributed by atoms with Crippen LogP contribution in [0.15, 0.2) is 34.8 Å². The Balaban J connectivity index is 2.97. The van der Waals surface area contributed by atoms with E-state index in [1.54, 1.807) is 0 Å². The zero-order valence-electron chi connectivity index (χ0n) is 15.5. The molecule has 0 aliphatic heterocycles. The number of aryl methyl sites for hydroxylation is 1. The number of halogens is 13. The highest BCUT2D eigenvalue weighted by molar-refractivity contribution is 9.10. The van der Waals surface area contributed by atoms with Gasteiger partial charge in [0.1, 0.15) is 0 Å². The fraction of sp³-hybridized carbons (Fsp3) is 0.368. The molecule has 1 atom stereocenters. The summed E-state index contributed by atoms with van der Waals surface area (Å²) in [6, 6.07) is 4.26. The van der Waals surface area contributed by atoms with E-state index < -0.39 is 56.8 Å². The monoisotopic (exact) mass is 545 g/mol. The summed E-state index contributed by atoms with van der Waals surface area (Å²) in [6.07, 6.45) is -18.8. The van der Waals surface area contributed by atoms with Gasteiger partial charge < -0.3 is 0 Å². The van der Waals surface area contributed by atoms with Crippen molar-refractivity contribution in [3.63, 3.8) is 0 Å². The van der Waals surface area contributed by atoms with Gasteiger partial charge in [-0.25, -0.2) is 4.39 Å². The smallest absolute Gasteiger partial charge is 0.221 e. The Labute approximate surface area is 181 Å². The van der Waals surface area contributed by atoms with E-state index in [0.717, 1.165) is 0 Å². The molecule has 0 heterocycles. The third kappa shape index (κ3) is 4.32. The topological polar surface area (TPSA) is 0 Å². The second kappa shape index (κ2) is 8.14. The Morgan fingerprint density at radius 1 is 0.781 bits per heavy atom. The Morgan fingerprint density at radius 3 is 1.66 bits per heavy atom. The molecule has 0 aliphatic rings. The first-order valence-corrected chi connectivity index (χ1v) is 9.21. The third-order valence-electron chi connectivity index (χ3n) is 4.51. The minimum atomic E-state index is -6.95. The van der Waals surface area contributed by atoms with E-state index in [1.165, 1.54) is 6.92 Å². The molecule has 0 fully saturated rings. The van der Waals surface area contributed by atoms with Crippen molar-refractivity contribution in [1.29, 1.82) is 0 Å². The van der Waals surface area contributed by atoms with Crippen molar-refractivity contribution < 1.29 is 52.7 Å². The van der Waals surface area contributed by atoms with Gasteiger partial charge >= 0.3 is 30.1 Å². The second-order valence-electron chi connectivity index (χ2n) is 6.55. The van der Waals surface area contributed by atoms with E-state index >= 15 is 4.39 Å². The number of rotatable bonds is 4. The van der Waals surface area contributed by atoms with Gasteiger partial charge in [-0.15, -0.1) is 0 Å². The molecular formula is C19H10BrF12. The molecule has 0 amide bonds. The molecule has 2 aromatic rings. The fourth-order valence-electron chi connectivity index (χ4n) is 2.87. The van der Waals surface area contributed by atoms with Crippen molar-refractivity contribution in [2.45, 2.75) is 43.5 Å². The average molecular weight is 546 g/mol. The van der Waals surface area contributed by atoms with Crippen LogP contribution in [0.5, 0.6) is 0 Å². The maximum Gasteiger partial charge on any atom is 0.457 e. The van der Waals surface area contributed by atoms with Crippen LogP contribution in [0.25, 0.3) is 11.1 Å². The maximum atomic E-state index is 15.2. The largest absolute Gasteiger partial charge is 0.457 e. The Kier molecular flexibility index (Phi) is 6.70. The minimum absolute atomic E-state index is 0.144. The van der Waals surface area contributed by atoms with E-state index in [0.29, 0.717) is 24.3 Å². The lowest BCUT2D eigenvalue weighted by molar-refractivity contribution is -0.389. The molecule has 177 valence electrons. The molecule has 0 spiro atoms. The minimum Gasteiger partial charge on any atom is -0.221 e. The highest BCUT2D eigenvalue weighted by atomic mass is 79.9. The molecule has 0 aliphatic carbocycles.